The number of rotatable bonds is 4. The SMILES string of the molecule is CC(C)(CO)NS(=O)(=O)c1ccc(N)c(Br)c1. The van der Waals surface area contributed by atoms with Crippen LogP contribution in [0.2, 0.25) is 0 Å². The Bertz CT molecular complexity index is 514. The first-order valence-corrected chi connectivity index (χ1v) is 7.15. The van der Waals surface area contributed by atoms with E-state index in [9.17, 15) is 8.42 Å². The van der Waals surface area contributed by atoms with Crippen LogP contribution in [0.3, 0.4) is 0 Å². The summed E-state index contributed by atoms with van der Waals surface area (Å²) in [7, 11) is -3.66. The molecule has 0 spiro atoms. The van der Waals surface area contributed by atoms with Crippen molar-refractivity contribution >= 4 is 31.6 Å². The molecule has 0 aliphatic carbocycles. The molecule has 0 fully saturated rings. The minimum absolute atomic E-state index is 0.0973. The predicted molar refractivity (Wildman–Crippen MR) is 70.0 cm³/mol. The highest BCUT2D eigenvalue weighted by Gasteiger charge is 2.25. The third-order valence-corrected chi connectivity index (χ3v) is 4.47. The fourth-order valence-corrected chi connectivity index (χ4v) is 3.09. The van der Waals surface area contributed by atoms with Gasteiger partial charge < -0.3 is 10.8 Å². The summed E-state index contributed by atoms with van der Waals surface area (Å²) >= 11 is 3.17. The molecule has 4 N–H and O–H groups in total. The second-order valence-corrected chi connectivity index (χ2v) is 6.87. The molecular weight excluding hydrogens is 308 g/mol. The molecule has 1 aromatic carbocycles. The van der Waals surface area contributed by atoms with E-state index in [0.717, 1.165) is 0 Å². The molecular formula is C10H15BrN2O3S. The number of nitrogens with one attached hydrogen (secondary N) is 1. The van der Waals surface area contributed by atoms with Crippen molar-refractivity contribution in [3.05, 3.63) is 22.7 Å². The Balaban J connectivity index is 3.10. The second kappa shape index (κ2) is 4.93. The number of nitrogens with two attached hydrogens (primary N) is 1. The molecule has 17 heavy (non-hydrogen) atoms. The van der Waals surface area contributed by atoms with Crippen LogP contribution in [0.5, 0.6) is 0 Å². The predicted octanol–water partition coefficient (Wildman–Crippen LogP) is 1.08. The molecule has 1 rings (SSSR count). The molecule has 0 aliphatic rings. The van der Waals surface area contributed by atoms with Crippen molar-refractivity contribution in [2.24, 2.45) is 0 Å². The van der Waals surface area contributed by atoms with Crippen LogP contribution < -0.4 is 10.5 Å². The van der Waals surface area contributed by atoms with Crippen molar-refractivity contribution in [2.45, 2.75) is 24.3 Å². The topological polar surface area (TPSA) is 92.4 Å². The van der Waals surface area contributed by atoms with Crippen LogP contribution in [-0.2, 0) is 10.0 Å². The maximum atomic E-state index is 12.0. The highest BCUT2D eigenvalue weighted by molar-refractivity contribution is 9.10. The third-order valence-electron chi connectivity index (χ3n) is 2.09. The quantitative estimate of drug-likeness (QED) is 0.723. The summed E-state index contributed by atoms with van der Waals surface area (Å²) in [4.78, 5) is 0.0973. The first-order chi connectivity index (χ1) is 7.68. The lowest BCUT2D eigenvalue weighted by Gasteiger charge is -2.23. The normalized spacial score (nSPS) is 12.7. The van der Waals surface area contributed by atoms with Gasteiger partial charge in [-0.05, 0) is 48.0 Å². The van der Waals surface area contributed by atoms with Crippen molar-refractivity contribution < 1.29 is 13.5 Å². The molecule has 0 saturated carbocycles. The number of nitrogen functional groups attached to an aromatic ring is 1. The van der Waals surface area contributed by atoms with Gasteiger partial charge in [-0.15, -0.1) is 0 Å². The van der Waals surface area contributed by atoms with E-state index in [1.165, 1.54) is 18.2 Å². The van der Waals surface area contributed by atoms with Crippen molar-refractivity contribution in [2.75, 3.05) is 12.3 Å². The van der Waals surface area contributed by atoms with Crippen LogP contribution in [0.15, 0.2) is 27.6 Å². The number of sulfonamides is 1. The van der Waals surface area contributed by atoms with Gasteiger partial charge in [0.2, 0.25) is 10.0 Å². The van der Waals surface area contributed by atoms with Gasteiger partial charge in [0.1, 0.15) is 0 Å². The van der Waals surface area contributed by atoms with Crippen LogP contribution in [0.25, 0.3) is 0 Å². The number of hydrogen-bond donors (Lipinski definition) is 3. The summed E-state index contributed by atoms with van der Waals surface area (Å²) in [6.45, 7) is 2.90. The van der Waals surface area contributed by atoms with Gasteiger partial charge in [-0.1, -0.05) is 0 Å². The standard InChI is InChI=1S/C10H15BrN2O3S/c1-10(2,6-14)13-17(15,16)7-3-4-9(12)8(11)5-7/h3-5,13-14H,6,12H2,1-2H3. The Morgan fingerprint density at radius 3 is 2.53 bits per heavy atom. The lowest BCUT2D eigenvalue weighted by Crippen LogP contribution is -2.46. The van der Waals surface area contributed by atoms with E-state index in [4.69, 9.17) is 10.8 Å². The van der Waals surface area contributed by atoms with E-state index in [2.05, 4.69) is 20.7 Å². The molecule has 0 unspecified atom stereocenters. The fourth-order valence-electron chi connectivity index (χ4n) is 1.13. The van der Waals surface area contributed by atoms with Gasteiger partial charge in [-0.3, -0.25) is 0 Å². The van der Waals surface area contributed by atoms with Gasteiger partial charge in [0.25, 0.3) is 0 Å². The number of hydrogen-bond acceptors (Lipinski definition) is 4. The van der Waals surface area contributed by atoms with Crippen LogP contribution in [0, 0.1) is 0 Å². The summed E-state index contributed by atoms with van der Waals surface area (Å²) < 4.78 is 26.9. The first-order valence-electron chi connectivity index (χ1n) is 4.88. The zero-order chi connectivity index (χ0) is 13.3. The number of halogens is 1. The minimum Gasteiger partial charge on any atom is -0.398 e. The molecule has 7 heteroatoms. The number of aliphatic hydroxyl groups excluding tert-OH is 1. The molecule has 0 amide bonds. The Morgan fingerprint density at radius 2 is 2.06 bits per heavy atom. The number of aliphatic hydroxyl groups is 1. The van der Waals surface area contributed by atoms with Gasteiger partial charge in [-0.25, -0.2) is 13.1 Å². The summed E-state index contributed by atoms with van der Waals surface area (Å²) in [5.41, 5.74) is 5.14. The minimum atomic E-state index is -3.66. The van der Waals surface area contributed by atoms with Gasteiger partial charge >= 0.3 is 0 Å². The van der Waals surface area contributed by atoms with Crippen LogP contribution >= 0.6 is 15.9 Å². The summed E-state index contributed by atoms with van der Waals surface area (Å²) in [5, 5.41) is 9.05. The van der Waals surface area contributed by atoms with Gasteiger partial charge in [0.05, 0.1) is 17.0 Å². The lowest BCUT2D eigenvalue weighted by molar-refractivity contribution is 0.208. The average Bonchev–Trinajstić information content (AvgIpc) is 2.20. The maximum absolute atomic E-state index is 12.0. The van der Waals surface area contributed by atoms with Gasteiger partial charge in [-0.2, -0.15) is 0 Å². The molecule has 0 aliphatic heterocycles. The molecule has 0 heterocycles. The maximum Gasteiger partial charge on any atom is 0.241 e. The van der Waals surface area contributed by atoms with Crippen molar-refractivity contribution in [3.8, 4) is 0 Å². The van der Waals surface area contributed by atoms with Crippen molar-refractivity contribution in [1.82, 2.24) is 4.72 Å². The van der Waals surface area contributed by atoms with Crippen molar-refractivity contribution in [1.29, 1.82) is 0 Å². The van der Waals surface area contributed by atoms with Gasteiger partial charge in [0, 0.05) is 10.2 Å². The zero-order valence-electron chi connectivity index (χ0n) is 9.57. The lowest BCUT2D eigenvalue weighted by atomic mass is 10.1. The van der Waals surface area contributed by atoms with E-state index in [1.807, 2.05) is 0 Å². The van der Waals surface area contributed by atoms with Crippen LogP contribution in [-0.4, -0.2) is 25.7 Å². The Hall–Kier alpha value is -0.630. The highest BCUT2D eigenvalue weighted by Crippen LogP contribution is 2.23. The zero-order valence-corrected chi connectivity index (χ0v) is 12.0. The smallest absolute Gasteiger partial charge is 0.241 e. The molecule has 0 aromatic heterocycles. The monoisotopic (exact) mass is 322 g/mol. The van der Waals surface area contributed by atoms with E-state index in [0.29, 0.717) is 10.2 Å². The average molecular weight is 323 g/mol. The Morgan fingerprint density at radius 1 is 1.47 bits per heavy atom. The van der Waals surface area contributed by atoms with E-state index in [-0.39, 0.29) is 11.5 Å². The fraction of sp³-hybridized carbons (Fsp3) is 0.400. The van der Waals surface area contributed by atoms with Crippen molar-refractivity contribution in [3.63, 3.8) is 0 Å². The molecule has 96 valence electrons. The molecule has 5 nitrogen and oxygen atoms in total. The molecule has 1 aromatic rings. The third kappa shape index (κ3) is 3.67. The number of benzene rings is 1. The van der Waals surface area contributed by atoms with Crippen LogP contribution in [0.1, 0.15) is 13.8 Å². The summed E-state index contributed by atoms with van der Waals surface area (Å²) in [6.07, 6.45) is 0. The summed E-state index contributed by atoms with van der Waals surface area (Å²) in [5.74, 6) is 0. The van der Waals surface area contributed by atoms with E-state index < -0.39 is 15.6 Å². The number of anilines is 1. The molecule has 0 radical (unpaired) electrons. The van der Waals surface area contributed by atoms with E-state index in [1.54, 1.807) is 13.8 Å². The molecule has 0 bridgehead atoms. The second-order valence-electron chi connectivity index (χ2n) is 4.33. The van der Waals surface area contributed by atoms with Gasteiger partial charge in [0.15, 0.2) is 0 Å². The highest BCUT2D eigenvalue weighted by atomic mass is 79.9. The molecule has 0 saturated heterocycles. The summed E-state index contributed by atoms with van der Waals surface area (Å²) in [6, 6.07) is 4.34. The largest absolute Gasteiger partial charge is 0.398 e. The Labute approximate surface area is 109 Å². The van der Waals surface area contributed by atoms with Crippen LogP contribution in [0.4, 0.5) is 5.69 Å². The van der Waals surface area contributed by atoms with E-state index >= 15 is 0 Å². The first kappa shape index (κ1) is 14.4. The Kier molecular flexibility index (Phi) is 4.19. The molecule has 0 atom stereocenters.